The highest BCUT2D eigenvalue weighted by molar-refractivity contribution is 7.89. The molecule has 2 N–H and O–H groups in total. The van der Waals surface area contributed by atoms with E-state index in [2.05, 4.69) is 9.97 Å². The Morgan fingerprint density at radius 3 is 2.61 bits per heavy atom. The van der Waals surface area contributed by atoms with Gasteiger partial charge < -0.3 is 10.1 Å². The highest BCUT2D eigenvalue weighted by atomic mass is 32.2. The molecule has 6 nitrogen and oxygen atoms in total. The zero-order valence-corrected chi connectivity index (χ0v) is 11.9. The van der Waals surface area contributed by atoms with E-state index in [9.17, 15) is 8.42 Å². The minimum Gasteiger partial charge on any atom is -0.396 e. The Balaban J connectivity index is 3.00. The number of aliphatic hydroxyl groups excluding tert-OH is 1. The molecular weight excluding hydrogens is 254 g/mol. The molecule has 104 valence electrons. The second-order valence-electron chi connectivity index (χ2n) is 4.33. The summed E-state index contributed by atoms with van der Waals surface area (Å²) >= 11 is 0. The number of imidazole rings is 1. The summed E-state index contributed by atoms with van der Waals surface area (Å²) in [6.45, 7) is 5.80. The van der Waals surface area contributed by atoms with Crippen LogP contribution in [0.25, 0.3) is 0 Å². The first kappa shape index (κ1) is 15.1. The van der Waals surface area contributed by atoms with E-state index in [1.807, 2.05) is 20.8 Å². The van der Waals surface area contributed by atoms with E-state index in [4.69, 9.17) is 5.11 Å². The minimum atomic E-state index is -3.56. The lowest BCUT2D eigenvalue weighted by Gasteiger charge is -2.24. The van der Waals surface area contributed by atoms with Gasteiger partial charge in [-0.2, -0.15) is 4.31 Å². The summed E-state index contributed by atoms with van der Waals surface area (Å²) in [5.41, 5.74) is 0. The molecule has 0 saturated heterocycles. The SMILES string of the molecule is CCc1ncc(S(=O)(=O)N(CCCO)C(C)C)[nH]1. The Bertz CT molecular complexity index is 468. The molecule has 7 heteroatoms. The smallest absolute Gasteiger partial charge is 0.260 e. The van der Waals surface area contributed by atoms with Crippen LogP contribution in [0.5, 0.6) is 0 Å². The summed E-state index contributed by atoms with van der Waals surface area (Å²) in [5, 5.41) is 8.95. The zero-order valence-electron chi connectivity index (χ0n) is 11.0. The molecule has 0 spiro atoms. The van der Waals surface area contributed by atoms with E-state index in [1.165, 1.54) is 10.5 Å². The van der Waals surface area contributed by atoms with E-state index in [0.29, 0.717) is 25.2 Å². The normalized spacial score (nSPS) is 12.6. The van der Waals surface area contributed by atoms with Crippen molar-refractivity contribution in [1.29, 1.82) is 0 Å². The molecule has 0 saturated carbocycles. The number of nitrogens with one attached hydrogen (secondary N) is 1. The second kappa shape index (κ2) is 6.31. The van der Waals surface area contributed by atoms with Crippen LogP contribution in [0.2, 0.25) is 0 Å². The maximum Gasteiger partial charge on any atom is 0.260 e. The molecule has 0 fully saturated rings. The number of aromatic nitrogens is 2. The number of rotatable bonds is 7. The first-order chi connectivity index (χ1) is 8.43. The Labute approximate surface area is 108 Å². The van der Waals surface area contributed by atoms with Gasteiger partial charge in [-0.25, -0.2) is 13.4 Å². The summed E-state index contributed by atoms with van der Waals surface area (Å²) in [6.07, 6.45) is 2.43. The number of H-pyrrole nitrogens is 1. The average Bonchev–Trinajstić information content (AvgIpc) is 2.77. The molecule has 0 amide bonds. The fourth-order valence-corrected chi connectivity index (χ4v) is 3.27. The van der Waals surface area contributed by atoms with E-state index < -0.39 is 10.0 Å². The van der Waals surface area contributed by atoms with E-state index in [-0.39, 0.29) is 17.7 Å². The first-order valence-corrected chi connectivity index (χ1v) is 7.54. The quantitative estimate of drug-likeness (QED) is 0.769. The van der Waals surface area contributed by atoms with Gasteiger partial charge in [-0.1, -0.05) is 6.92 Å². The van der Waals surface area contributed by atoms with Crippen molar-refractivity contribution in [2.24, 2.45) is 0 Å². The number of hydrogen-bond donors (Lipinski definition) is 2. The fraction of sp³-hybridized carbons (Fsp3) is 0.727. The Kier molecular flexibility index (Phi) is 5.30. The molecule has 0 aliphatic carbocycles. The topological polar surface area (TPSA) is 86.3 Å². The third-order valence-corrected chi connectivity index (χ3v) is 4.62. The lowest BCUT2D eigenvalue weighted by atomic mass is 10.3. The first-order valence-electron chi connectivity index (χ1n) is 6.10. The van der Waals surface area contributed by atoms with Crippen LogP contribution in [0.3, 0.4) is 0 Å². The van der Waals surface area contributed by atoms with Crippen molar-refractivity contribution in [3.8, 4) is 0 Å². The van der Waals surface area contributed by atoms with Crippen LogP contribution in [0, 0.1) is 0 Å². The third-order valence-electron chi connectivity index (χ3n) is 2.64. The molecule has 1 aromatic heterocycles. The Hall–Kier alpha value is -0.920. The maximum absolute atomic E-state index is 12.4. The van der Waals surface area contributed by atoms with Crippen LogP contribution in [-0.2, 0) is 16.4 Å². The van der Waals surface area contributed by atoms with Crippen LogP contribution >= 0.6 is 0 Å². The van der Waals surface area contributed by atoms with Gasteiger partial charge in [-0.15, -0.1) is 0 Å². The lowest BCUT2D eigenvalue weighted by molar-refractivity contribution is 0.258. The molecule has 1 aromatic rings. The minimum absolute atomic E-state index is 0.0259. The monoisotopic (exact) mass is 275 g/mol. The molecule has 0 bridgehead atoms. The number of aromatic amines is 1. The highest BCUT2D eigenvalue weighted by Crippen LogP contribution is 2.17. The predicted molar refractivity (Wildman–Crippen MR) is 68.7 cm³/mol. The van der Waals surface area contributed by atoms with Crippen LogP contribution in [0.1, 0.15) is 33.0 Å². The molecule has 1 rings (SSSR count). The van der Waals surface area contributed by atoms with Gasteiger partial charge in [0.1, 0.15) is 5.82 Å². The molecule has 1 heterocycles. The summed E-state index contributed by atoms with van der Waals surface area (Å²) in [5.74, 6) is 0.652. The molecule has 0 radical (unpaired) electrons. The van der Waals surface area contributed by atoms with E-state index >= 15 is 0 Å². The Morgan fingerprint density at radius 1 is 1.50 bits per heavy atom. The van der Waals surface area contributed by atoms with Crippen molar-refractivity contribution in [2.45, 2.75) is 44.7 Å². The van der Waals surface area contributed by atoms with Gasteiger partial charge in [0, 0.05) is 25.6 Å². The Morgan fingerprint density at radius 2 is 2.17 bits per heavy atom. The van der Waals surface area contributed by atoms with Crippen molar-refractivity contribution in [2.75, 3.05) is 13.2 Å². The molecule has 0 atom stereocenters. The molecule has 0 aliphatic heterocycles. The number of aryl methyl sites for hydroxylation is 1. The zero-order chi connectivity index (χ0) is 13.8. The van der Waals surface area contributed by atoms with Crippen molar-refractivity contribution < 1.29 is 13.5 Å². The van der Waals surface area contributed by atoms with Gasteiger partial charge in [0.15, 0.2) is 5.03 Å². The van der Waals surface area contributed by atoms with Gasteiger partial charge in [0.25, 0.3) is 10.0 Å². The molecule has 0 aromatic carbocycles. The van der Waals surface area contributed by atoms with Gasteiger partial charge in [-0.05, 0) is 20.3 Å². The molecule has 0 aliphatic rings. The summed E-state index contributed by atoms with van der Waals surface area (Å²) in [4.78, 5) is 6.82. The van der Waals surface area contributed by atoms with Crippen LogP contribution < -0.4 is 0 Å². The summed E-state index contributed by atoms with van der Waals surface area (Å²) in [6, 6.07) is -0.157. The maximum atomic E-state index is 12.4. The fourth-order valence-electron chi connectivity index (χ4n) is 1.66. The van der Waals surface area contributed by atoms with E-state index in [0.717, 1.165) is 0 Å². The lowest BCUT2D eigenvalue weighted by Crippen LogP contribution is -2.38. The van der Waals surface area contributed by atoms with Crippen molar-refractivity contribution in [3.05, 3.63) is 12.0 Å². The molecule has 18 heavy (non-hydrogen) atoms. The van der Waals surface area contributed by atoms with Crippen molar-refractivity contribution >= 4 is 10.0 Å². The number of sulfonamides is 1. The van der Waals surface area contributed by atoms with Gasteiger partial charge in [0.2, 0.25) is 0 Å². The van der Waals surface area contributed by atoms with Crippen LogP contribution in [0.15, 0.2) is 11.2 Å². The average molecular weight is 275 g/mol. The second-order valence-corrected chi connectivity index (χ2v) is 6.19. The van der Waals surface area contributed by atoms with E-state index in [1.54, 1.807) is 0 Å². The number of hydrogen-bond acceptors (Lipinski definition) is 4. The number of nitrogens with zero attached hydrogens (tertiary/aromatic N) is 2. The van der Waals surface area contributed by atoms with Gasteiger partial charge in [-0.3, -0.25) is 0 Å². The predicted octanol–water partition coefficient (Wildman–Crippen LogP) is 0.754. The van der Waals surface area contributed by atoms with Crippen molar-refractivity contribution in [1.82, 2.24) is 14.3 Å². The standard InChI is InChI=1S/C11H21N3O3S/c1-4-10-12-8-11(13-10)18(16,17)14(9(2)3)6-5-7-15/h8-9,15H,4-7H2,1-3H3,(H,12,13). The van der Waals surface area contributed by atoms with Gasteiger partial charge >= 0.3 is 0 Å². The van der Waals surface area contributed by atoms with Crippen molar-refractivity contribution in [3.63, 3.8) is 0 Å². The summed E-state index contributed by atoms with van der Waals surface area (Å²) in [7, 11) is -3.56. The highest BCUT2D eigenvalue weighted by Gasteiger charge is 2.28. The molecular formula is C11H21N3O3S. The van der Waals surface area contributed by atoms with Crippen LogP contribution in [-0.4, -0.2) is 47.0 Å². The summed E-state index contributed by atoms with van der Waals surface area (Å²) < 4.78 is 26.1. The van der Waals surface area contributed by atoms with Crippen LogP contribution in [0.4, 0.5) is 0 Å². The number of aliphatic hydroxyl groups is 1. The largest absolute Gasteiger partial charge is 0.396 e. The van der Waals surface area contributed by atoms with Gasteiger partial charge in [0.05, 0.1) is 6.20 Å². The third kappa shape index (κ3) is 3.30. The molecule has 0 unspecified atom stereocenters.